The van der Waals surface area contributed by atoms with E-state index in [1.807, 2.05) is 26.0 Å². The topological polar surface area (TPSA) is 48.3 Å². The van der Waals surface area contributed by atoms with Crippen LogP contribution in [0.5, 0.6) is 0 Å². The molecule has 0 amide bonds. The molecule has 0 unspecified atom stereocenters. The van der Waals surface area contributed by atoms with Gasteiger partial charge in [-0.05, 0) is 25.5 Å². The number of nitrogens with zero attached hydrogens (tertiary/aromatic N) is 1. The van der Waals surface area contributed by atoms with Gasteiger partial charge in [0.25, 0.3) is 5.56 Å². The Morgan fingerprint density at radius 3 is 2.40 bits per heavy atom. The molecule has 1 aromatic heterocycles. The van der Waals surface area contributed by atoms with E-state index in [0.717, 1.165) is 16.7 Å². The lowest BCUT2D eigenvalue weighted by Crippen LogP contribution is -2.21. The molecule has 2 aromatic rings. The first-order valence-corrected chi connectivity index (χ1v) is 6.35. The van der Waals surface area contributed by atoms with Crippen LogP contribution in [0.3, 0.4) is 0 Å². The van der Waals surface area contributed by atoms with Gasteiger partial charge in [-0.3, -0.25) is 4.79 Å². The van der Waals surface area contributed by atoms with Gasteiger partial charge in [-0.1, -0.05) is 29.3 Å². The highest BCUT2D eigenvalue weighted by atomic mass is 16.5. The largest absolute Gasteiger partial charge is 0.465 e. The van der Waals surface area contributed by atoms with Crippen molar-refractivity contribution in [3.8, 4) is 0 Å². The molecule has 0 aliphatic heterocycles. The number of methoxy groups -OCH3 is 1. The van der Waals surface area contributed by atoms with E-state index >= 15 is 0 Å². The number of rotatable bonds is 3. The summed E-state index contributed by atoms with van der Waals surface area (Å²) < 4.78 is 6.18. The molecule has 0 aliphatic carbocycles. The van der Waals surface area contributed by atoms with E-state index in [2.05, 4.69) is 10.8 Å². The molecule has 2 rings (SSSR count). The predicted molar refractivity (Wildman–Crippen MR) is 77.1 cm³/mol. The summed E-state index contributed by atoms with van der Waals surface area (Å²) in [5.74, 6) is -0.445. The first-order valence-electron chi connectivity index (χ1n) is 6.35. The van der Waals surface area contributed by atoms with Gasteiger partial charge in [-0.15, -0.1) is 0 Å². The van der Waals surface area contributed by atoms with Gasteiger partial charge in [0.15, 0.2) is 0 Å². The summed E-state index contributed by atoms with van der Waals surface area (Å²) >= 11 is 0. The Bertz CT molecular complexity index is 681. The minimum atomic E-state index is -0.445. The van der Waals surface area contributed by atoms with Gasteiger partial charge in [0.1, 0.15) is 0 Å². The molecule has 0 spiro atoms. The fourth-order valence-electron chi connectivity index (χ4n) is 2.25. The van der Waals surface area contributed by atoms with Gasteiger partial charge in [-0.25, -0.2) is 4.79 Å². The number of aryl methyl sites for hydroxylation is 2. The average Bonchev–Trinajstić information content (AvgIpc) is 2.39. The van der Waals surface area contributed by atoms with Crippen LogP contribution < -0.4 is 5.56 Å². The van der Waals surface area contributed by atoms with Crippen molar-refractivity contribution in [2.75, 3.05) is 7.11 Å². The van der Waals surface area contributed by atoms with Gasteiger partial charge in [-0.2, -0.15) is 0 Å². The third-order valence-electron chi connectivity index (χ3n) is 3.04. The first-order chi connectivity index (χ1) is 9.49. The molecule has 20 heavy (non-hydrogen) atoms. The molecule has 0 atom stereocenters. The van der Waals surface area contributed by atoms with Crippen molar-refractivity contribution in [2.45, 2.75) is 20.4 Å². The zero-order chi connectivity index (χ0) is 14.7. The van der Waals surface area contributed by atoms with Crippen molar-refractivity contribution >= 4 is 5.97 Å². The Labute approximate surface area is 117 Å². The van der Waals surface area contributed by atoms with E-state index in [9.17, 15) is 9.59 Å². The third-order valence-corrected chi connectivity index (χ3v) is 3.04. The number of carbonyl (C=O) groups is 1. The highest BCUT2D eigenvalue weighted by molar-refractivity contribution is 5.88. The molecule has 4 heteroatoms. The van der Waals surface area contributed by atoms with E-state index < -0.39 is 5.97 Å². The quantitative estimate of drug-likeness (QED) is 0.805. The maximum Gasteiger partial charge on any atom is 0.339 e. The molecule has 0 saturated heterocycles. The summed E-state index contributed by atoms with van der Waals surface area (Å²) in [6.07, 6.45) is 1.53. The molecule has 0 aliphatic rings. The molecule has 4 nitrogen and oxygen atoms in total. The number of esters is 1. The molecular weight excluding hydrogens is 254 g/mol. The minimum Gasteiger partial charge on any atom is -0.465 e. The first kappa shape index (κ1) is 14.1. The summed E-state index contributed by atoms with van der Waals surface area (Å²) in [5, 5.41) is 0. The maximum atomic E-state index is 11.9. The van der Waals surface area contributed by atoms with E-state index in [-0.39, 0.29) is 5.56 Å². The number of pyridine rings is 1. The van der Waals surface area contributed by atoms with Gasteiger partial charge in [0.2, 0.25) is 0 Å². The lowest BCUT2D eigenvalue weighted by molar-refractivity contribution is 0.0599. The van der Waals surface area contributed by atoms with Crippen molar-refractivity contribution in [3.63, 3.8) is 0 Å². The average molecular weight is 271 g/mol. The fraction of sp³-hybridized carbons (Fsp3) is 0.250. The van der Waals surface area contributed by atoms with Crippen LogP contribution in [0.2, 0.25) is 0 Å². The summed E-state index contributed by atoms with van der Waals surface area (Å²) in [4.78, 5) is 23.4. The number of hydrogen-bond donors (Lipinski definition) is 0. The summed E-state index contributed by atoms with van der Waals surface area (Å²) in [5.41, 5.74) is 3.56. The Hall–Kier alpha value is -2.36. The zero-order valence-electron chi connectivity index (χ0n) is 11.8. The summed E-state index contributed by atoms with van der Waals surface area (Å²) in [6.45, 7) is 4.47. The molecule has 104 valence electrons. The van der Waals surface area contributed by atoms with Crippen molar-refractivity contribution in [3.05, 3.63) is 69.1 Å². The van der Waals surface area contributed by atoms with Gasteiger partial charge < -0.3 is 9.30 Å². The van der Waals surface area contributed by atoms with Crippen LogP contribution in [-0.4, -0.2) is 17.6 Å². The Kier molecular flexibility index (Phi) is 4.03. The normalized spacial score (nSPS) is 10.3. The number of hydrogen-bond acceptors (Lipinski definition) is 3. The molecular formula is C16H17NO3. The van der Waals surface area contributed by atoms with Gasteiger partial charge in [0.05, 0.1) is 19.2 Å². The van der Waals surface area contributed by atoms with Crippen LogP contribution in [0.4, 0.5) is 0 Å². The van der Waals surface area contributed by atoms with Crippen LogP contribution in [0.1, 0.15) is 27.0 Å². The van der Waals surface area contributed by atoms with Crippen LogP contribution in [-0.2, 0) is 11.3 Å². The highest BCUT2D eigenvalue weighted by Crippen LogP contribution is 2.10. The second-order valence-corrected chi connectivity index (χ2v) is 4.87. The van der Waals surface area contributed by atoms with Crippen molar-refractivity contribution in [1.82, 2.24) is 4.57 Å². The molecule has 0 bridgehead atoms. The number of ether oxygens (including phenoxy) is 1. The lowest BCUT2D eigenvalue weighted by Gasteiger charge is -2.09. The number of carbonyl (C=O) groups excluding carboxylic acids is 1. The molecule has 0 N–H and O–H groups in total. The predicted octanol–water partition coefficient (Wildman–Crippen LogP) is 2.30. The van der Waals surface area contributed by atoms with Gasteiger partial charge in [0, 0.05) is 12.3 Å². The molecule has 0 saturated carbocycles. The smallest absolute Gasteiger partial charge is 0.339 e. The molecule has 1 aromatic carbocycles. The van der Waals surface area contributed by atoms with Gasteiger partial charge >= 0.3 is 5.97 Å². The highest BCUT2D eigenvalue weighted by Gasteiger charge is 2.08. The zero-order valence-corrected chi connectivity index (χ0v) is 11.8. The Morgan fingerprint density at radius 1 is 1.15 bits per heavy atom. The fourth-order valence-corrected chi connectivity index (χ4v) is 2.25. The molecule has 0 fully saturated rings. The lowest BCUT2D eigenvalue weighted by atomic mass is 10.1. The van der Waals surface area contributed by atoms with Crippen LogP contribution in [0.15, 0.2) is 41.3 Å². The standard InChI is InChI=1S/C16H17NO3/c1-11-6-12(2)8-13(7-11)9-17-10-14(16(19)20-3)4-5-15(17)18/h4-8,10H,9H2,1-3H3. The molecule has 0 radical (unpaired) electrons. The SMILES string of the molecule is COC(=O)c1ccc(=O)n(Cc2cc(C)cc(C)c2)c1. The minimum absolute atomic E-state index is 0.142. The molecule has 1 heterocycles. The van der Waals surface area contributed by atoms with Crippen molar-refractivity contribution < 1.29 is 9.53 Å². The van der Waals surface area contributed by atoms with E-state index in [0.29, 0.717) is 12.1 Å². The van der Waals surface area contributed by atoms with Crippen LogP contribution in [0.25, 0.3) is 0 Å². The van der Waals surface area contributed by atoms with Crippen molar-refractivity contribution in [1.29, 1.82) is 0 Å². The van der Waals surface area contributed by atoms with Crippen LogP contribution >= 0.6 is 0 Å². The summed E-state index contributed by atoms with van der Waals surface area (Å²) in [6, 6.07) is 9.01. The van der Waals surface area contributed by atoms with E-state index in [4.69, 9.17) is 0 Å². The van der Waals surface area contributed by atoms with E-state index in [1.165, 1.54) is 30.0 Å². The van der Waals surface area contributed by atoms with Crippen LogP contribution in [0, 0.1) is 13.8 Å². The summed E-state index contributed by atoms with van der Waals surface area (Å²) in [7, 11) is 1.32. The van der Waals surface area contributed by atoms with Crippen molar-refractivity contribution in [2.24, 2.45) is 0 Å². The monoisotopic (exact) mass is 271 g/mol. The van der Waals surface area contributed by atoms with E-state index in [1.54, 1.807) is 0 Å². The maximum absolute atomic E-state index is 11.9. The second kappa shape index (κ2) is 5.74. The number of aromatic nitrogens is 1. The third kappa shape index (κ3) is 3.15. The number of benzene rings is 1. The second-order valence-electron chi connectivity index (χ2n) is 4.87. The Morgan fingerprint density at radius 2 is 1.80 bits per heavy atom. The Balaban J connectivity index is 2.37.